The molecule has 2 rings (SSSR count). The third kappa shape index (κ3) is 2.80. The van der Waals surface area contributed by atoms with Gasteiger partial charge in [-0.3, -0.25) is 0 Å². The lowest BCUT2D eigenvalue weighted by atomic mass is 10.2. The fourth-order valence-corrected chi connectivity index (χ4v) is 3.30. The van der Waals surface area contributed by atoms with Gasteiger partial charge in [0.05, 0.1) is 5.69 Å². The van der Waals surface area contributed by atoms with Gasteiger partial charge in [-0.05, 0) is 39.3 Å². The lowest BCUT2D eigenvalue weighted by molar-refractivity contribution is 0.825. The number of para-hydroxylation sites is 1. The summed E-state index contributed by atoms with van der Waals surface area (Å²) in [6.45, 7) is 9.22. The van der Waals surface area contributed by atoms with Crippen molar-refractivity contribution in [2.45, 2.75) is 33.7 Å². The fourth-order valence-electron chi connectivity index (χ4n) is 2.21. The summed E-state index contributed by atoms with van der Waals surface area (Å²) in [5, 5.41) is 1.03. The van der Waals surface area contributed by atoms with Crippen molar-refractivity contribution >= 4 is 22.2 Å². The van der Waals surface area contributed by atoms with Crippen LogP contribution in [0.15, 0.2) is 24.3 Å². The Labute approximate surface area is 119 Å². The number of nitrogens with two attached hydrogens (primary N) is 1. The zero-order valence-corrected chi connectivity index (χ0v) is 12.8. The summed E-state index contributed by atoms with van der Waals surface area (Å²) < 4.78 is 0. The van der Waals surface area contributed by atoms with Gasteiger partial charge in [0.25, 0.3) is 0 Å². The van der Waals surface area contributed by atoms with Crippen LogP contribution >= 0.6 is 11.3 Å². The normalized spacial score (nSPS) is 12.5. The molecule has 0 spiro atoms. The van der Waals surface area contributed by atoms with Gasteiger partial charge in [0.1, 0.15) is 0 Å². The first kappa shape index (κ1) is 14.0. The number of nitrogens with zero attached hydrogens (tertiary/aromatic N) is 2. The van der Waals surface area contributed by atoms with Gasteiger partial charge in [-0.15, -0.1) is 0 Å². The van der Waals surface area contributed by atoms with E-state index in [4.69, 9.17) is 5.73 Å². The van der Waals surface area contributed by atoms with Crippen LogP contribution in [0.1, 0.15) is 36.0 Å². The summed E-state index contributed by atoms with van der Waals surface area (Å²) in [6.07, 6.45) is 0. The molecule has 2 aromatic rings. The summed E-state index contributed by atoms with van der Waals surface area (Å²) in [7, 11) is 0. The highest BCUT2D eigenvalue weighted by Crippen LogP contribution is 2.34. The molecule has 0 fully saturated rings. The van der Waals surface area contributed by atoms with Gasteiger partial charge >= 0.3 is 0 Å². The Morgan fingerprint density at radius 1 is 1.32 bits per heavy atom. The average molecular weight is 275 g/mol. The van der Waals surface area contributed by atoms with Crippen molar-refractivity contribution in [2.75, 3.05) is 11.4 Å². The van der Waals surface area contributed by atoms with Crippen LogP contribution in [0.5, 0.6) is 0 Å². The van der Waals surface area contributed by atoms with Crippen LogP contribution in [0.4, 0.5) is 10.8 Å². The zero-order valence-electron chi connectivity index (χ0n) is 12.0. The van der Waals surface area contributed by atoms with E-state index in [0.717, 1.165) is 17.4 Å². The smallest absolute Gasteiger partial charge is 0.190 e. The van der Waals surface area contributed by atoms with E-state index in [0.29, 0.717) is 0 Å². The molecule has 1 aromatic heterocycles. The van der Waals surface area contributed by atoms with Gasteiger partial charge in [-0.25, -0.2) is 4.98 Å². The Hall–Kier alpha value is -1.39. The highest BCUT2D eigenvalue weighted by Gasteiger charge is 2.17. The Morgan fingerprint density at radius 2 is 2.00 bits per heavy atom. The number of hydrogen-bond acceptors (Lipinski definition) is 4. The predicted molar refractivity (Wildman–Crippen MR) is 83.3 cm³/mol. The minimum atomic E-state index is 0.0434. The number of anilines is 2. The highest BCUT2D eigenvalue weighted by atomic mass is 32.1. The molecular formula is C15H21N3S. The summed E-state index contributed by atoms with van der Waals surface area (Å²) in [6, 6.07) is 8.44. The highest BCUT2D eigenvalue weighted by molar-refractivity contribution is 7.15. The first-order valence-electron chi connectivity index (χ1n) is 6.60. The van der Waals surface area contributed by atoms with Crippen LogP contribution < -0.4 is 10.6 Å². The molecule has 1 aromatic carbocycles. The van der Waals surface area contributed by atoms with Crippen LogP contribution in [-0.4, -0.2) is 11.5 Å². The minimum absolute atomic E-state index is 0.0434. The summed E-state index contributed by atoms with van der Waals surface area (Å²) >= 11 is 1.69. The molecular weight excluding hydrogens is 254 g/mol. The Bertz CT molecular complexity index is 560. The summed E-state index contributed by atoms with van der Waals surface area (Å²) in [5.74, 6) is 0. The lowest BCUT2D eigenvalue weighted by Crippen LogP contribution is -2.16. The largest absolute Gasteiger partial charge is 0.323 e. The number of aryl methyl sites for hydroxylation is 2. The summed E-state index contributed by atoms with van der Waals surface area (Å²) in [5.41, 5.74) is 9.51. The molecule has 19 heavy (non-hydrogen) atoms. The van der Waals surface area contributed by atoms with E-state index in [2.05, 4.69) is 48.0 Å². The Morgan fingerprint density at radius 3 is 2.53 bits per heavy atom. The quantitative estimate of drug-likeness (QED) is 0.919. The van der Waals surface area contributed by atoms with Gasteiger partial charge in [0, 0.05) is 23.2 Å². The molecule has 1 atom stereocenters. The van der Waals surface area contributed by atoms with Crippen molar-refractivity contribution < 1.29 is 0 Å². The number of aromatic nitrogens is 1. The molecule has 2 N–H and O–H groups in total. The predicted octanol–water partition coefficient (Wildman–Crippen LogP) is 3.94. The van der Waals surface area contributed by atoms with Crippen LogP contribution in [0, 0.1) is 13.8 Å². The maximum atomic E-state index is 5.99. The van der Waals surface area contributed by atoms with Crippen LogP contribution in [0.2, 0.25) is 0 Å². The first-order chi connectivity index (χ1) is 9.04. The molecule has 1 heterocycles. The molecule has 0 radical (unpaired) electrons. The van der Waals surface area contributed by atoms with E-state index in [-0.39, 0.29) is 6.04 Å². The minimum Gasteiger partial charge on any atom is -0.323 e. The topological polar surface area (TPSA) is 42.2 Å². The molecule has 0 aliphatic carbocycles. The molecule has 0 amide bonds. The molecule has 0 saturated carbocycles. The lowest BCUT2D eigenvalue weighted by Gasteiger charge is -2.21. The van der Waals surface area contributed by atoms with Gasteiger partial charge in [0.2, 0.25) is 0 Å². The van der Waals surface area contributed by atoms with Crippen LogP contribution in [0.25, 0.3) is 0 Å². The van der Waals surface area contributed by atoms with Gasteiger partial charge in [-0.2, -0.15) is 0 Å². The van der Waals surface area contributed by atoms with Crippen molar-refractivity contribution in [3.05, 3.63) is 40.4 Å². The molecule has 0 saturated heterocycles. The second-order valence-electron chi connectivity index (χ2n) is 4.77. The average Bonchev–Trinajstić information content (AvgIpc) is 2.75. The van der Waals surface area contributed by atoms with Gasteiger partial charge in [-0.1, -0.05) is 29.5 Å². The monoisotopic (exact) mass is 275 g/mol. The van der Waals surface area contributed by atoms with E-state index in [1.165, 1.54) is 16.1 Å². The number of thiazole rings is 1. The van der Waals surface area contributed by atoms with Crippen molar-refractivity contribution in [2.24, 2.45) is 5.73 Å². The van der Waals surface area contributed by atoms with Crippen molar-refractivity contribution in [3.63, 3.8) is 0 Å². The van der Waals surface area contributed by atoms with Crippen LogP contribution in [0.3, 0.4) is 0 Å². The number of benzene rings is 1. The first-order valence-corrected chi connectivity index (χ1v) is 7.42. The van der Waals surface area contributed by atoms with E-state index >= 15 is 0 Å². The molecule has 102 valence electrons. The second-order valence-corrected chi connectivity index (χ2v) is 5.77. The molecule has 1 unspecified atom stereocenters. The summed E-state index contributed by atoms with van der Waals surface area (Å²) in [4.78, 5) is 8.10. The Balaban J connectivity index is 2.43. The van der Waals surface area contributed by atoms with E-state index in [9.17, 15) is 0 Å². The van der Waals surface area contributed by atoms with E-state index in [1.807, 2.05) is 13.8 Å². The van der Waals surface area contributed by atoms with Gasteiger partial charge in [0.15, 0.2) is 5.13 Å². The third-order valence-electron chi connectivity index (χ3n) is 3.19. The maximum absolute atomic E-state index is 5.99. The second kappa shape index (κ2) is 5.72. The molecule has 0 aliphatic heterocycles. The maximum Gasteiger partial charge on any atom is 0.190 e. The molecule has 4 heteroatoms. The number of rotatable bonds is 4. The van der Waals surface area contributed by atoms with E-state index in [1.54, 1.807) is 11.3 Å². The van der Waals surface area contributed by atoms with Crippen LogP contribution in [-0.2, 0) is 0 Å². The molecule has 0 aliphatic rings. The Kier molecular flexibility index (Phi) is 4.22. The van der Waals surface area contributed by atoms with E-state index < -0.39 is 0 Å². The van der Waals surface area contributed by atoms with Crippen molar-refractivity contribution in [1.29, 1.82) is 0 Å². The zero-order chi connectivity index (χ0) is 14.0. The van der Waals surface area contributed by atoms with Crippen molar-refractivity contribution in [1.82, 2.24) is 4.98 Å². The fraction of sp³-hybridized carbons (Fsp3) is 0.400. The van der Waals surface area contributed by atoms with Crippen molar-refractivity contribution in [3.8, 4) is 0 Å². The third-order valence-corrected chi connectivity index (χ3v) is 4.57. The molecule has 0 bridgehead atoms. The standard InChI is InChI=1S/C15H21N3S/c1-5-18(13-9-7-6-8-10(13)2)15-17-12(4)14(19-15)11(3)16/h6-9,11H,5,16H2,1-4H3. The van der Waals surface area contributed by atoms with Gasteiger partial charge < -0.3 is 10.6 Å². The SMILES string of the molecule is CCN(c1nc(C)c(C(C)N)s1)c1ccccc1C. The molecule has 3 nitrogen and oxygen atoms in total. The number of hydrogen-bond donors (Lipinski definition) is 1.